The Morgan fingerprint density at radius 2 is 2.09 bits per heavy atom. The molecular weight excluding hydrogens is 421 g/mol. The second-order valence-corrected chi connectivity index (χ2v) is 6.38. The topological polar surface area (TPSA) is 45.7 Å². The minimum Gasteiger partial charge on any atom is -0.490 e. The van der Waals surface area contributed by atoms with E-state index in [1.165, 1.54) is 19.3 Å². The number of aliphatic imine (C=N–C) groups is 1. The van der Waals surface area contributed by atoms with E-state index in [-0.39, 0.29) is 24.0 Å². The van der Waals surface area contributed by atoms with Crippen molar-refractivity contribution >= 4 is 41.7 Å². The van der Waals surface area contributed by atoms with Crippen molar-refractivity contribution in [2.75, 3.05) is 25.1 Å². The first-order valence-electron chi connectivity index (χ1n) is 8.09. The van der Waals surface area contributed by atoms with Crippen LogP contribution in [0.5, 0.6) is 5.75 Å². The van der Waals surface area contributed by atoms with Crippen LogP contribution >= 0.6 is 35.7 Å². The summed E-state index contributed by atoms with van der Waals surface area (Å²) in [4.78, 5) is 4.67. The highest BCUT2D eigenvalue weighted by molar-refractivity contribution is 14.0. The molecular formula is C17H28IN3OS. The summed E-state index contributed by atoms with van der Waals surface area (Å²) in [5.41, 5.74) is 1.15. The van der Waals surface area contributed by atoms with Gasteiger partial charge in [-0.25, -0.2) is 4.99 Å². The largest absolute Gasteiger partial charge is 0.490 e. The van der Waals surface area contributed by atoms with E-state index in [1.54, 1.807) is 0 Å². The van der Waals surface area contributed by atoms with E-state index < -0.39 is 0 Å². The Morgan fingerprint density at radius 3 is 2.74 bits per heavy atom. The van der Waals surface area contributed by atoms with Crippen LogP contribution in [0.2, 0.25) is 0 Å². The molecule has 4 nitrogen and oxygen atoms in total. The molecule has 23 heavy (non-hydrogen) atoms. The molecule has 2 N–H and O–H groups in total. The normalized spacial score (nSPS) is 14.6. The lowest BCUT2D eigenvalue weighted by molar-refractivity contribution is 0.119. The monoisotopic (exact) mass is 449 g/mol. The molecule has 1 saturated carbocycles. The highest BCUT2D eigenvalue weighted by atomic mass is 127. The molecule has 0 aromatic heterocycles. The Hall–Kier alpha value is -0.630. The van der Waals surface area contributed by atoms with E-state index >= 15 is 0 Å². The summed E-state index contributed by atoms with van der Waals surface area (Å²) in [7, 11) is 0. The number of para-hydroxylation sites is 1. The molecule has 130 valence electrons. The Morgan fingerprint density at radius 1 is 1.30 bits per heavy atom. The standard InChI is InChI=1S/C17H27N3OS.HI/c1-3-18-17(19-11-12-22-2)20-13-14-7-4-5-10-16(14)21-15-8-6-9-15;/h4-5,7,10,15H,3,6,8-9,11-13H2,1-2H3,(H2,18,19,20);1H. The lowest BCUT2D eigenvalue weighted by Crippen LogP contribution is -2.38. The third-order valence-electron chi connectivity index (χ3n) is 3.67. The second kappa shape index (κ2) is 11.8. The first-order chi connectivity index (χ1) is 10.8. The van der Waals surface area contributed by atoms with Gasteiger partial charge in [0, 0.05) is 24.4 Å². The van der Waals surface area contributed by atoms with Gasteiger partial charge in [-0.3, -0.25) is 0 Å². The van der Waals surface area contributed by atoms with Gasteiger partial charge in [0.1, 0.15) is 5.75 Å². The second-order valence-electron chi connectivity index (χ2n) is 5.39. The first kappa shape index (κ1) is 20.4. The van der Waals surface area contributed by atoms with Gasteiger partial charge in [-0.2, -0.15) is 11.8 Å². The van der Waals surface area contributed by atoms with Crippen molar-refractivity contribution in [1.82, 2.24) is 10.6 Å². The summed E-state index contributed by atoms with van der Waals surface area (Å²) in [5, 5.41) is 6.63. The molecule has 1 aromatic rings. The number of rotatable bonds is 8. The molecule has 6 heteroatoms. The van der Waals surface area contributed by atoms with Crippen molar-refractivity contribution < 1.29 is 4.74 Å². The fourth-order valence-corrected chi connectivity index (χ4v) is 2.50. The summed E-state index contributed by atoms with van der Waals surface area (Å²) in [6, 6.07) is 8.23. The van der Waals surface area contributed by atoms with Crippen LogP contribution in [0, 0.1) is 0 Å². The highest BCUT2D eigenvalue weighted by Crippen LogP contribution is 2.27. The van der Waals surface area contributed by atoms with Gasteiger partial charge in [0.25, 0.3) is 0 Å². The third-order valence-corrected chi connectivity index (χ3v) is 4.28. The molecule has 0 aliphatic heterocycles. The molecule has 0 radical (unpaired) electrons. The quantitative estimate of drug-likeness (QED) is 0.275. The summed E-state index contributed by atoms with van der Waals surface area (Å²) < 4.78 is 6.06. The van der Waals surface area contributed by atoms with Crippen LogP contribution in [0.4, 0.5) is 0 Å². The Bertz CT molecular complexity index is 481. The van der Waals surface area contributed by atoms with Crippen molar-refractivity contribution in [3.8, 4) is 5.75 Å². The minimum absolute atomic E-state index is 0. The molecule has 2 rings (SSSR count). The van der Waals surface area contributed by atoms with Gasteiger partial charge in [-0.05, 0) is 38.5 Å². The molecule has 0 bridgehead atoms. The Balaban J connectivity index is 0.00000264. The Labute approximate surface area is 161 Å². The van der Waals surface area contributed by atoms with Crippen LogP contribution in [0.3, 0.4) is 0 Å². The number of halogens is 1. The molecule has 1 fully saturated rings. The lowest BCUT2D eigenvalue weighted by Gasteiger charge is -2.27. The van der Waals surface area contributed by atoms with Gasteiger partial charge in [-0.1, -0.05) is 18.2 Å². The van der Waals surface area contributed by atoms with Crippen LogP contribution in [0.25, 0.3) is 0 Å². The molecule has 1 aliphatic rings. The zero-order valence-electron chi connectivity index (χ0n) is 14.0. The maximum Gasteiger partial charge on any atom is 0.191 e. The summed E-state index contributed by atoms with van der Waals surface area (Å²) in [6.45, 7) is 4.51. The highest BCUT2D eigenvalue weighted by Gasteiger charge is 2.20. The molecule has 0 saturated heterocycles. The predicted octanol–water partition coefficient (Wildman–Crippen LogP) is 3.65. The van der Waals surface area contributed by atoms with Gasteiger partial charge in [0.05, 0.1) is 12.6 Å². The number of hydrogen-bond acceptors (Lipinski definition) is 3. The van der Waals surface area contributed by atoms with Crippen molar-refractivity contribution in [3.05, 3.63) is 29.8 Å². The van der Waals surface area contributed by atoms with Gasteiger partial charge >= 0.3 is 0 Å². The number of hydrogen-bond donors (Lipinski definition) is 2. The van der Waals surface area contributed by atoms with Crippen LogP contribution in [0.1, 0.15) is 31.7 Å². The SMILES string of the molecule is CCNC(=NCc1ccccc1OC1CCC1)NCCSC.I. The van der Waals surface area contributed by atoms with E-state index in [0.717, 1.165) is 36.1 Å². The van der Waals surface area contributed by atoms with E-state index in [2.05, 4.69) is 40.9 Å². The van der Waals surface area contributed by atoms with E-state index in [1.807, 2.05) is 23.9 Å². The average Bonchev–Trinajstić information content (AvgIpc) is 2.49. The average molecular weight is 449 g/mol. The van der Waals surface area contributed by atoms with E-state index in [4.69, 9.17) is 4.74 Å². The maximum atomic E-state index is 6.06. The van der Waals surface area contributed by atoms with Gasteiger partial charge in [0.15, 0.2) is 5.96 Å². The fraction of sp³-hybridized carbons (Fsp3) is 0.588. The number of benzene rings is 1. The number of thioether (sulfide) groups is 1. The van der Waals surface area contributed by atoms with Crippen molar-refractivity contribution in [2.24, 2.45) is 4.99 Å². The first-order valence-corrected chi connectivity index (χ1v) is 9.48. The van der Waals surface area contributed by atoms with E-state index in [0.29, 0.717) is 12.6 Å². The molecule has 1 aromatic carbocycles. The maximum absolute atomic E-state index is 6.06. The lowest BCUT2D eigenvalue weighted by atomic mass is 9.96. The number of nitrogens with one attached hydrogen (secondary N) is 2. The molecule has 0 amide bonds. The summed E-state index contributed by atoms with van der Waals surface area (Å²) in [6.07, 6.45) is 6.15. The molecule has 0 spiro atoms. The number of guanidine groups is 1. The summed E-state index contributed by atoms with van der Waals surface area (Å²) >= 11 is 1.83. The van der Waals surface area contributed by atoms with Gasteiger partial charge in [0.2, 0.25) is 0 Å². The van der Waals surface area contributed by atoms with Crippen LogP contribution < -0.4 is 15.4 Å². The van der Waals surface area contributed by atoms with Crippen LogP contribution in [-0.2, 0) is 6.54 Å². The van der Waals surface area contributed by atoms with Crippen molar-refractivity contribution in [3.63, 3.8) is 0 Å². The van der Waals surface area contributed by atoms with Crippen LogP contribution in [-0.4, -0.2) is 37.2 Å². The zero-order chi connectivity index (χ0) is 15.6. The number of nitrogens with zero attached hydrogens (tertiary/aromatic N) is 1. The minimum atomic E-state index is 0. The Kier molecular flexibility index (Phi) is 10.5. The van der Waals surface area contributed by atoms with Gasteiger partial charge < -0.3 is 15.4 Å². The fourth-order valence-electron chi connectivity index (χ4n) is 2.20. The molecule has 0 unspecified atom stereocenters. The van der Waals surface area contributed by atoms with Crippen molar-refractivity contribution in [2.45, 2.75) is 38.8 Å². The molecule has 0 heterocycles. The van der Waals surface area contributed by atoms with E-state index in [9.17, 15) is 0 Å². The third kappa shape index (κ3) is 7.20. The molecule has 0 atom stereocenters. The molecule has 1 aliphatic carbocycles. The van der Waals surface area contributed by atoms with Crippen LogP contribution in [0.15, 0.2) is 29.3 Å². The van der Waals surface area contributed by atoms with Crippen molar-refractivity contribution in [1.29, 1.82) is 0 Å². The summed E-state index contributed by atoms with van der Waals surface area (Å²) in [5.74, 6) is 2.93. The van der Waals surface area contributed by atoms with Gasteiger partial charge in [-0.15, -0.1) is 24.0 Å². The smallest absolute Gasteiger partial charge is 0.191 e. The number of ether oxygens (including phenoxy) is 1. The predicted molar refractivity (Wildman–Crippen MR) is 111 cm³/mol. The zero-order valence-corrected chi connectivity index (χ0v) is 17.2.